The number of rotatable bonds is 12. The minimum Gasteiger partial charge on any atom is -0.384 e. The van der Waals surface area contributed by atoms with Crippen molar-refractivity contribution in [2.75, 3.05) is 17.2 Å². The van der Waals surface area contributed by atoms with Crippen LogP contribution < -0.4 is 16.0 Å². The number of hydrogen-bond acceptors (Lipinski definition) is 8. The summed E-state index contributed by atoms with van der Waals surface area (Å²) in [5.74, 6) is 1.77. The molecular formula is C32H40N6O3. The minimum absolute atomic E-state index is 0.224. The van der Waals surface area contributed by atoms with Crippen LogP contribution in [-0.2, 0) is 10.4 Å². The first kappa shape index (κ1) is 29.9. The molecule has 1 aliphatic carbocycles. The number of anilines is 4. The summed E-state index contributed by atoms with van der Waals surface area (Å²) in [6.07, 6.45) is 8.66. The van der Waals surface area contributed by atoms with Crippen LogP contribution in [0.25, 0.3) is 0 Å². The number of benzene rings is 1. The number of nitrogens with one attached hydrogen (secondary N) is 3. The molecule has 1 aliphatic rings. The zero-order valence-corrected chi connectivity index (χ0v) is 24.1. The number of Topliss-reactive ketones (excluding diaryl/α,β-unsaturated/α-hetero) is 1. The summed E-state index contributed by atoms with van der Waals surface area (Å²) in [4.78, 5) is 38.5. The van der Waals surface area contributed by atoms with E-state index in [1.54, 1.807) is 38.1 Å². The zero-order valence-electron chi connectivity index (χ0n) is 24.1. The molecule has 0 atom stereocenters. The number of hydrogen-bond donors (Lipinski definition) is 4. The maximum absolute atomic E-state index is 12.8. The third-order valence-electron chi connectivity index (χ3n) is 7.38. The summed E-state index contributed by atoms with van der Waals surface area (Å²) in [5.41, 5.74) is 1.69. The standard InChI is InChI=1S/C32H40N6O3/c1-5-8-26(39)23-13-11-21(12-14-23)22-15-17-24(18-16-22)35-31-34-20-25(30(40)33-19-6-2)29(38-31)37-28-10-7-9-27(36-28)32(3,4)41/h6-7,9-10,15-18,20-21,23,41H,2,5,8,11-14,19H2,1,3-4H3,(H,33,40)(H2,34,35,36,37,38). The van der Waals surface area contributed by atoms with Gasteiger partial charge in [0.1, 0.15) is 28.6 Å². The van der Waals surface area contributed by atoms with Gasteiger partial charge in [0.15, 0.2) is 0 Å². The lowest BCUT2D eigenvalue weighted by atomic mass is 9.76. The van der Waals surface area contributed by atoms with Gasteiger partial charge in [0.05, 0.1) is 5.69 Å². The first-order chi connectivity index (χ1) is 19.7. The van der Waals surface area contributed by atoms with E-state index in [1.165, 1.54) is 11.8 Å². The van der Waals surface area contributed by atoms with Crippen LogP contribution in [0.15, 0.2) is 61.3 Å². The van der Waals surface area contributed by atoms with Crippen molar-refractivity contribution in [3.05, 3.63) is 78.1 Å². The SMILES string of the molecule is C=CCNC(=O)c1cnc(Nc2ccc(C3CCC(C(=O)CCC)CC3)cc2)nc1Nc1cccc(C(C)(C)O)n1. The van der Waals surface area contributed by atoms with E-state index in [0.29, 0.717) is 42.1 Å². The van der Waals surface area contributed by atoms with Crippen molar-refractivity contribution in [1.29, 1.82) is 0 Å². The predicted octanol–water partition coefficient (Wildman–Crippen LogP) is 6.15. The Kier molecular flexibility index (Phi) is 9.83. The Labute approximate surface area is 241 Å². The Balaban J connectivity index is 1.49. The Hall–Kier alpha value is -4.11. The van der Waals surface area contributed by atoms with E-state index in [-0.39, 0.29) is 23.2 Å². The normalized spacial score (nSPS) is 17.0. The highest BCUT2D eigenvalue weighted by Gasteiger charge is 2.26. The van der Waals surface area contributed by atoms with Crippen molar-refractivity contribution >= 4 is 35.0 Å². The van der Waals surface area contributed by atoms with Crippen LogP contribution in [0.5, 0.6) is 0 Å². The Morgan fingerprint density at radius 1 is 1.05 bits per heavy atom. The van der Waals surface area contributed by atoms with E-state index >= 15 is 0 Å². The Morgan fingerprint density at radius 2 is 1.78 bits per heavy atom. The lowest BCUT2D eigenvalue weighted by molar-refractivity contribution is -0.123. The molecule has 4 rings (SSSR count). The molecule has 3 aromatic rings. The van der Waals surface area contributed by atoms with Crippen LogP contribution in [-0.4, -0.2) is 38.3 Å². The molecule has 0 aliphatic heterocycles. The number of nitrogens with zero attached hydrogens (tertiary/aromatic N) is 3. The lowest BCUT2D eigenvalue weighted by Crippen LogP contribution is -2.25. The van der Waals surface area contributed by atoms with Gasteiger partial charge in [-0.15, -0.1) is 6.58 Å². The summed E-state index contributed by atoms with van der Waals surface area (Å²) < 4.78 is 0. The van der Waals surface area contributed by atoms with Crippen molar-refractivity contribution in [2.24, 2.45) is 5.92 Å². The Morgan fingerprint density at radius 3 is 2.44 bits per heavy atom. The van der Waals surface area contributed by atoms with E-state index < -0.39 is 5.60 Å². The number of ketones is 1. The molecule has 0 bridgehead atoms. The average Bonchev–Trinajstić information content (AvgIpc) is 2.96. The van der Waals surface area contributed by atoms with Gasteiger partial charge in [-0.25, -0.2) is 9.97 Å². The van der Waals surface area contributed by atoms with Gasteiger partial charge in [0.2, 0.25) is 5.95 Å². The second kappa shape index (κ2) is 13.5. The molecule has 0 saturated heterocycles. The molecule has 0 radical (unpaired) electrons. The van der Waals surface area contributed by atoms with Gasteiger partial charge in [0.25, 0.3) is 5.91 Å². The van der Waals surface area contributed by atoms with E-state index in [2.05, 4.69) is 56.5 Å². The number of pyridine rings is 1. The highest BCUT2D eigenvalue weighted by molar-refractivity contribution is 5.99. The molecule has 1 saturated carbocycles. The molecule has 216 valence electrons. The first-order valence-electron chi connectivity index (χ1n) is 14.3. The first-order valence-corrected chi connectivity index (χ1v) is 14.3. The molecule has 0 unspecified atom stereocenters. The van der Waals surface area contributed by atoms with Crippen molar-refractivity contribution in [1.82, 2.24) is 20.3 Å². The maximum Gasteiger partial charge on any atom is 0.256 e. The molecule has 1 fully saturated rings. The number of carbonyl (C=O) groups excluding carboxylic acids is 2. The van der Waals surface area contributed by atoms with E-state index in [9.17, 15) is 14.7 Å². The fourth-order valence-corrected chi connectivity index (χ4v) is 5.10. The summed E-state index contributed by atoms with van der Waals surface area (Å²) >= 11 is 0. The summed E-state index contributed by atoms with van der Waals surface area (Å²) in [6, 6.07) is 13.5. The van der Waals surface area contributed by atoms with Gasteiger partial charge in [0, 0.05) is 30.8 Å². The molecule has 9 nitrogen and oxygen atoms in total. The second-order valence-electron chi connectivity index (χ2n) is 11.1. The van der Waals surface area contributed by atoms with Gasteiger partial charge in [-0.3, -0.25) is 9.59 Å². The van der Waals surface area contributed by atoms with Crippen LogP contribution in [0, 0.1) is 5.92 Å². The molecule has 0 spiro atoms. The van der Waals surface area contributed by atoms with Crippen LogP contribution in [0.2, 0.25) is 0 Å². The maximum atomic E-state index is 12.8. The van der Waals surface area contributed by atoms with E-state index in [0.717, 1.165) is 37.8 Å². The highest BCUT2D eigenvalue weighted by Crippen LogP contribution is 2.37. The Bertz CT molecular complexity index is 1360. The number of amides is 1. The van der Waals surface area contributed by atoms with Crippen LogP contribution in [0.1, 0.15) is 86.8 Å². The fraction of sp³-hybridized carbons (Fsp3) is 0.406. The van der Waals surface area contributed by atoms with Crippen LogP contribution in [0.4, 0.5) is 23.3 Å². The van der Waals surface area contributed by atoms with Crippen molar-refractivity contribution < 1.29 is 14.7 Å². The molecular weight excluding hydrogens is 516 g/mol. The minimum atomic E-state index is -1.13. The van der Waals surface area contributed by atoms with Crippen molar-refractivity contribution in [3.8, 4) is 0 Å². The molecule has 2 heterocycles. The monoisotopic (exact) mass is 556 g/mol. The molecule has 4 N–H and O–H groups in total. The van der Waals surface area contributed by atoms with Crippen LogP contribution in [0.3, 0.4) is 0 Å². The summed E-state index contributed by atoms with van der Waals surface area (Å²) in [6.45, 7) is 9.32. The predicted molar refractivity (Wildman–Crippen MR) is 162 cm³/mol. The van der Waals surface area contributed by atoms with Gasteiger partial charge in [-0.05, 0) is 81.7 Å². The summed E-state index contributed by atoms with van der Waals surface area (Å²) in [7, 11) is 0. The fourth-order valence-electron chi connectivity index (χ4n) is 5.10. The third-order valence-corrected chi connectivity index (χ3v) is 7.38. The van der Waals surface area contributed by atoms with Crippen LogP contribution >= 0.6 is 0 Å². The molecule has 9 heteroatoms. The summed E-state index contributed by atoms with van der Waals surface area (Å²) in [5, 5.41) is 19.5. The largest absolute Gasteiger partial charge is 0.384 e. The molecule has 1 amide bonds. The van der Waals surface area contributed by atoms with Gasteiger partial charge in [-0.2, -0.15) is 4.98 Å². The zero-order chi connectivity index (χ0) is 29.4. The average molecular weight is 557 g/mol. The third kappa shape index (κ3) is 7.98. The van der Waals surface area contributed by atoms with Gasteiger partial charge in [-0.1, -0.05) is 31.2 Å². The number of aromatic nitrogens is 3. The number of carbonyl (C=O) groups is 2. The molecule has 41 heavy (non-hydrogen) atoms. The van der Waals surface area contributed by atoms with Gasteiger partial charge < -0.3 is 21.1 Å². The topological polar surface area (TPSA) is 129 Å². The molecule has 1 aromatic carbocycles. The number of aliphatic hydroxyl groups is 1. The lowest BCUT2D eigenvalue weighted by Gasteiger charge is -2.28. The van der Waals surface area contributed by atoms with Gasteiger partial charge >= 0.3 is 0 Å². The highest BCUT2D eigenvalue weighted by atomic mass is 16.3. The smallest absolute Gasteiger partial charge is 0.256 e. The molecule has 2 aromatic heterocycles. The van der Waals surface area contributed by atoms with E-state index in [4.69, 9.17) is 0 Å². The second-order valence-corrected chi connectivity index (χ2v) is 11.1. The van der Waals surface area contributed by atoms with Crippen molar-refractivity contribution in [3.63, 3.8) is 0 Å². The van der Waals surface area contributed by atoms with E-state index in [1.807, 2.05) is 12.1 Å². The quantitative estimate of drug-likeness (QED) is 0.196. The van der Waals surface area contributed by atoms with Crippen molar-refractivity contribution in [2.45, 2.75) is 70.8 Å².